The van der Waals surface area contributed by atoms with Crippen LogP contribution in [0.3, 0.4) is 0 Å². The Morgan fingerprint density at radius 1 is 0.750 bits per heavy atom. The fraction of sp³-hybridized carbons (Fsp3) is 0.621. The molecule has 1 aromatic heterocycles. The van der Waals surface area contributed by atoms with Crippen LogP contribution in [0.4, 0.5) is 0 Å². The largest absolute Gasteiger partial charge is 0.497 e. The van der Waals surface area contributed by atoms with Crippen molar-refractivity contribution in [2.75, 3.05) is 20.2 Å². The molecule has 0 spiro atoms. The van der Waals surface area contributed by atoms with E-state index in [0.29, 0.717) is 24.2 Å². The van der Waals surface area contributed by atoms with Crippen molar-refractivity contribution in [3.8, 4) is 5.75 Å². The lowest BCUT2D eigenvalue weighted by Gasteiger charge is -2.34. The van der Waals surface area contributed by atoms with E-state index < -0.39 is 0 Å². The maximum atomic E-state index is 5.31. The fourth-order valence-electron chi connectivity index (χ4n) is 6.00. The maximum absolute atomic E-state index is 5.31. The first-order valence-corrected chi connectivity index (χ1v) is 14.9. The number of pyridine rings is 1. The summed E-state index contributed by atoms with van der Waals surface area (Å²) in [4.78, 5) is 6.40. The molecule has 0 amide bonds. The standard InChI is InChI=1S/C29H43N5OS/c1-35-24-12-10-21(11-13-24)20-36-25-16-22-18-32-28-8-4-2-6-26(28)30-14-15-31-27-7-3-5-9-29(27)33-19-23(17-25)34-22/h10-13,16-17,26-33H,2-9,14-15,18-20H2,1H3/t26-,27-,28-,29-/m1/s1. The molecule has 2 bridgehead atoms. The first kappa shape index (κ1) is 26.0. The molecule has 4 N–H and O–H groups in total. The summed E-state index contributed by atoms with van der Waals surface area (Å²) in [5, 5.41) is 15.5. The minimum absolute atomic E-state index is 0.519. The van der Waals surface area contributed by atoms with Gasteiger partial charge in [-0.25, -0.2) is 0 Å². The molecule has 4 atom stereocenters. The molecule has 2 fully saturated rings. The van der Waals surface area contributed by atoms with Gasteiger partial charge in [-0.1, -0.05) is 37.8 Å². The molecule has 3 aliphatic rings. The minimum Gasteiger partial charge on any atom is -0.497 e. The second-order valence-corrected chi connectivity index (χ2v) is 11.6. The first-order chi connectivity index (χ1) is 17.8. The Morgan fingerprint density at radius 2 is 1.25 bits per heavy atom. The molecule has 36 heavy (non-hydrogen) atoms. The predicted molar refractivity (Wildman–Crippen MR) is 149 cm³/mol. The molecule has 2 saturated carbocycles. The van der Waals surface area contributed by atoms with Gasteiger partial charge in [-0.3, -0.25) is 4.98 Å². The molecule has 7 heteroatoms. The Labute approximate surface area is 221 Å². The van der Waals surface area contributed by atoms with Gasteiger partial charge in [0.05, 0.1) is 18.5 Å². The second kappa shape index (κ2) is 13.2. The molecule has 2 aromatic rings. The molecule has 1 aliphatic heterocycles. The van der Waals surface area contributed by atoms with Gasteiger partial charge >= 0.3 is 0 Å². The number of nitrogens with one attached hydrogen (secondary N) is 4. The normalized spacial score (nSPS) is 27.7. The van der Waals surface area contributed by atoms with Crippen molar-refractivity contribution in [3.63, 3.8) is 0 Å². The quantitative estimate of drug-likeness (QED) is 0.456. The van der Waals surface area contributed by atoms with E-state index in [1.807, 2.05) is 23.9 Å². The van der Waals surface area contributed by atoms with Crippen LogP contribution >= 0.6 is 11.8 Å². The Kier molecular flexibility index (Phi) is 9.56. The molecule has 5 rings (SSSR count). The highest BCUT2D eigenvalue weighted by atomic mass is 32.2. The van der Waals surface area contributed by atoms with Gasteiger partial charge in [-0.15, -0.1) is 11.8 Å². The number of ether oxygens (including phenoxy) is 1. The lowest BCUT2D eigenvalue weighted by Crippen LogP contribution is -2.53. The first-order valence-electron chi connectivity index (χ1n) is 14.0. The van der Waals surface area contributed by atoms with Gasteiger partial charge in [0.25, 0.3) is 0 Å². The van der Waals surface area contributed by atoms with E-state index in [1.165, 1.54) is 61.8 Å². The molecule has 196 valence electrons. The van der Waals surface area contributed by atoms with Crippen molar-refractivity contribution in [1.82, 2.24) is 26.3 Å². The van der Waals surface area contributed by atoms with Crippen LogP contribution < -0.4 is 26.0 Å². The van der Waals surface area contributed by atoms with Crippen molar-refractivity contribution < 1.29 is 4.74 Å². The summed E-state index contributed by atoms with van der Waals surface area (Å²) in [7, 11) is 1.72. The van der Waals surface area contributed by atoms with Crippen LogP contribution in [0.5, 0.6) is 5.75 Å². The Morgan fingerprint density at radius 3 is 1.75 bits per heavy atom. The summed E-state index contributed by atoms with van der Waals surface area (Å²) in [6.45, 7) is 3.75. The van der Waals surface area contributed by atoms with E-state index in [-0.39, 0.29) is 0 Å². The van der Waals surface area contributed by atoms with Gasteiger partial charge in [-0.05, 0) is 55.5 Å². The van der Waals surface area contributed by atoms with Crippen LogP contribution in [-0.4, -0.2) is 49.4 Å². The average Bonchev–Trinajstić information content (AvgIpc) is 2.93. The topological polar surface area (TPSA) is 70.2 Å². The molecule has 2 heterocycles. The SMILES string of the molecule is COc1ccc(CSc2cc3nc(c2)CN[C@@H]2CCCC[C@H]2NCCN[C@@H]2CCCC[C@H]2NC3)cc1. The maximum Gasteiger partial charge on any atom is 0.118 e. The Bertz CT molecular complexity index is 907. The van der Waals surface area contributed by atoms with E-state index in [9.17, 15) is 0 Å². The van der Waals surface area contributed by atoms with E-state index in [2.05, 4.69) is 45.5 Å². The van der Waals surface area contributed by atoms with Gasteiger partial charge in [0, 0.05) is 61.0 Å². The Balaban J connectivity index is 1.33. The number of hydrogen-bond acceptors (Lipinski definition) is 7. The minimum atomic E-state index is 0.519. The molecular weight excluding hydrogens is 466 g/mol. The van der Waals surface area contributed by atoms with E-state index in [4.69, 9.17) is 9.72 Å². The van der Waals surface area contributed by atoms with Gasteiger partial charge in [0.2, 0.25) is 0 Å². The number of benzene rings is 1. The average molecular weight is 510 g/mol. The summed E-state index contributed by atoms with van der Waals surface area (Å²) in [6.07, 6.45) is 10.3. The monoisotopic (exact) mass is 509 g/mol. The highest BCUT2D eigenvalue weighted by Gasteiger charge is 2.27. The van der Waals surface area contributed by atoms with Crippen LogP contribution in [0.2, 0.25) is 0 Å². The summed E-state index contributed by atoms with van der Waals surface area (Å²) in [6, 6.07) is 15.1. The number of rotatable bonds is 4. The third-order valence-corrected chi connectivity index (χ3v) is 9.08. The third kappa shape index (κ3) is 7.23. The molecule has 2 aliphatic carbocycles. The zero-order valence-corrected chi connectivity index (χ0v) is 22.5. The number of methoxy groups -OCH3 is 1. The number of fused-ring (bicyclic) bond motifs is 4. The van der Waals surface area contributed by atoms with Crippen LogP contribution in [0.1, 0.15) is 68.3 Å². The predicted octanol–water partition coefficient (Wildman–Crippen LogP) is 4.38. The number of thioether (sulfide) groups is 1. The van der Waals surface area contributed by atoms with E-state index >= 15 is 0 Å². The van der Waals surface area contributed by atoms with Crippen LogP contribution in [-0.2, 0) is 18.8 Å². The highest BCUT2D eigenvalue weighted by molar-refractivity contribution is 7.98. The molecular formula is C29H43N5OS. The molecule has 0 radical (unpaired) electrons. The van der Waals surface area contributed by atoms with Gasteiger partial charge in [0.1, 0.15) is 5.75 Å². The molecule has 0 saturated heterocycles. The third-order valence-electron chi connectivity index (χ3n) is 8.03. The van der Waals surface area contributed by atoms with Crippen molar-refractivity contribution in [2.24, 2.45) is 0 Å². The summed E-state index contributed by atoms with van der Waals surface area (Å²) >= 11 is 1.90. The van der Waals surface area contributed by atoms with Crippen molar-refractivity contribution >= 4 is 11.8 Å². The number of nitrogens with zero attached hydrogens (tertiary/aromatic N) is 1. The van der Waals surface area contributed by atoms with Gasteiger partial charge < -0.3 is 26.0 Å². The van der Waals surface area contributed by atoms with E-state index in [1.54, 1.807) is 7.11 Å². The number of hydrogen-bond donors (Lipinski definition) is 4. The highest BCUT2D eigenvalue weighted by Crippen LogP contribution is 2.26. The Hall–Kier alpha value is -1.64. The van der Waals surface area contributed by atoms with Crippen molar-refractivity contribution in [2.45, 2.75) is 99.3 Å². The zero-order valence-electron chi connectivity index (χ0n) is 21.7. The summed E-state index contributed by atoms with van der Waals surface area (Å²) < 4.78 is 5.31. The zero-order chi connectivity index (χ0) is 24.6. The molecule has 6 nitrogen and oxygen atoms in total. The van der Waals surface area contributed by atoms with E-state index in [0.717, 1.165) is 49.1 Å². The smallest absolute Gasteiger partial charge is 0.118 e. The van der Waals surface area contributed by atoms with Gasteiger partial charge in [-0.2, -0.15) is 0 Å². The molecule has 1 aromatic carbocycles. The lowest BCUT2D eigenvalue weighted by molar-refractivity contribution is 0.266. The molecule has 0 unspecified atom stereocenters. The van der Waals surface area contributed by atoms with Crippen molar-refractivity contribution in [1.29, 1.82) is 0 Å². The van der Waals surface area contributed by atoms with Crippen LogP contribution in [0, 0.1) is 0 Å². The summed E-state index contributed by atoms with van der Waals surface area (Å²) in [5.41, 5.74) is 3.62. The van der Waals surface area contributed by atoms with Crippen molar-refractivity contribution in [3.05, 3.63) is 53.3 Å². The van der Waals surface area contributed by atoms with Crippen LogP contribution in [0.25, 0.3) is 0 Å². The fourth-order valence-corrected chi connectivity index (χ4v) is 6.96. The number of aromatic nitrogens is 1. The lowest BCUT2D eigenvalue weighted by atomic mass is 9.89. The van der Waals surface area contributed by atoms with Gasteiger partial charge in [0.15, 0.2) is 0 Å². The second-order valence-electron chi connectivity index (χ2n) is 10.6. The summed E-state index contributed by atoms with van der Waals surface area (Å²) in [5.74, 6) is 1.85. The van der Waals surface area contributed by atoms with Crippen LogP contribution in [0.15, 0.2) is 41.3 Å².